The van der Waals surface area contributed by atoms with Gasteiger partial charge in [-0.05, 0) is 42.5 Å². The summed E-state index contributed by atoms with van der Waals surface area (Å²) in [6, 6.07) is 15.3. The molecule has 0 spiro atoms. The molecule has 7 nitrogen and oxygen atoms in total. The van der Waals surface area contributed by atoms with Gasteiger partial charge < -0.3 is 9.15 Å². The number of carbonyl (C=O) groups excluding carboxylic acids is 2. The fourth-order valence-corrected chi connectivity index (χ4v) is 2.43. The Morgan fingerprint density at radius 1 is 1.15 bits per heavy atom. The molecule has 1 aromatic heterocycles. The van der Waals surface area contributed by atoms with Crippen molar-refractivity contribution in [3.8, 4) is 11.8 Å². The van der Waals surface area contributed by atoms with E-state index in [1.165, 1.54) is 14.0 Å². The van der Waals surface area contributed by atoms with E-state index >= 15 is 0 Å². The fourth-order valence-electron chi connectivity index (χ4n) is 2.43. The third-order valence-electron chi connectivity index (χ3n) is 3.72. The summed E-state index contributed by atoms with van der Waals surface area (Å²) in [5, 5.41) is 11.8. The van der Waals surface area contributed by atoms with Gasteiger partial charge in [-0.25, -0.2) is 4.99 Å². The number of fused-ring (bicyclic) bond motifs is 1. The summed E-state index contributed by atoms with van der Waals surface area (Å²) in [6.45, 7) is 1.25. The minimum atomic E-state index is -0.614. The van der Waals surface area contributed by atoms with Crippen LogP contribution >= 0.6 is 0 Å². The molecule has 2 amide bonds. The van der Waals surface area contributed by atoms with E-state index in [1.807, 2.05) is 6.07 Å². The lowest BCUT2D eigenvalue weighted by Gasteiger charge is -2.06. The Kier molecular flexibility index (Phi) is 4.99. The smallest absolute Gasteiger partial charge is 0.263 e. The lowest BCUT2D eigenvalue weighted by Crippen LogP contribution is -2.32. The Balaban J connectivity index is 2.21. The average Bonchev–Trinajstić information content (AvgIpc) is 2.67. The Labute approximate surface area is 154 Å². The number of nitriles is 1. The summed E-state index contributed by atoms with van der Waals surface area (Å²) in [5.74, 6) is -0.507. The van der Waals surface area contributed by atoms with Gasteiger partial charge in [-0.3, -0.25) is 14.9 Å². The van der Waals surface area contributed by atoms with Crippen molar-refractivity contribution < 1.29 is 18.7 Å². The highest BCUT2D eigenvalue weighted by molar-refractivity contribution is 6.05. The molecule has 0 bridgehead atoms. The summed E-state index contributed by atoms with van der Waals surface area (Å²) in [6.07, 6.45) is 0. The van der Waals surface area contributed by atoms with E-state index in [2.05, 4.69) is 10.3 Å². The number of ether oxygens (including phenoxy) is 1. The van der Waals surface area contributed by atoms with Crippen LogP contribution in [0.5, 0.6) is 5.75 Å². The quantitative estimate of drug-likeness (QED) is 0.772. The zero-order valence-electron chi connectivity index (χ0n) is 14.6. The van der Waals surface area contributed by atoms with Crippen LogP contribution in [0, 0.1) is 11.3 Å². The number of imide groups is 1. The molecule has 0 radical (unpaired) electrons. The van der Waals surface area contributed by atoms with E-state index in [-0.39, 0.29) is 11.1 Å². The Morgan fingerprint density at radius 3 is 2.52 bits per heavy atom. The van der Waals surface area contributed by atoms with Gasteiger partial charge in [0.05, 0.1) is 24.4 Å². The zero-order chi connectivity index (χ0) is 19.4. The molecule has 0 unspecified atom stereocenters. The van der Waals surface area contributed by atoms with Gasteiger partial charge in [0, 0.05) is 18.4 Å². The zero-order valence-corrected chi connectivity index (χ0v) is 14.6. The number of amides is 2. The van der Waals surface area contributed by atoms with Crippen molar-refractivity contribution in [2.45, 2.75) is 6.92 Å². The highest BCUT2D eigenvalue weighted by Crippen LogP contribution is 2.21. The van der Waals surface area contributed by atoms with Gasteiger partial charge in [-0.1, -0.05) is 0 Å². The maximum atomic E-state index is 12.4. The van der Waals surface area contributed by atoms with Crippen molar-refractivity contribution in [1.82, 2.24) is 5.32 Å². The topological polar surface area (TPSA) is 105 Å². The molecule has 0 aliphatic heterocycles. The molecule has 1 N–H and O–H groups in total. The Hall–Kier alpha value is -3.92. The van der Waals surface area contributed by atoms with Crippen molar-refractivity contribution in [2.75, 3.05) is 7.11 Å². The largest absolute Gasteiger partial charge is 0.497 e. The van der Waals surface area contributed by atoms with Gasteiger partial charge in [-0.2, -0.15) is 5.26 Å². The molecular weight excluding hydrogens is 346 g/mol. The van der Waals surface area contributed by atoms with Crippen LogP contribution in [0.3, 0.4) is 0 Å². The lowest BCUT2D eigenvalue weighted by molar-refractivity contribution is -0.118. The first-order chi connectivity index (χ1) is 13.0. The number of nitrogens with one attached hydrogen (secondary N) is 1. The predicted molar refractivity (Wildman–Crippen MR) is 97.3 cm³/mol. The van der Waals surface area contributed by atoms with Gasteiger partial charge in [0.25, 0.3) is 5.91 Å². The minimum Gasteiger partial charge on any atom is -0.497 e. The Morgan fingerprint density at radius 2 is 1.89 bits per heavy atom. The van der Waals surface area contributed by atoms with E-state index in [0.29, 0.717) is 28.0 Å². The van der Waals surface area contributed by atoms with E-state index in [9.17, 15) is 9.59 Å². The Bertz CT molecular complexity index is 1140. The molecule has 0 atom stereocenters. The predicted octanol–water partition coefficient (Wildman–Crippen LogP) is 2.82. The van der Waals surface area contributed by atoms with Gasteiger partial charge in [0.15, 0.2) is 0 Å². The normalized spacial score (nSPS) is 11.1. The van der Waals surface area contributed by atoms with Crippen molar-refractivity contribution in [1.29, 1.82) is 5.26 Å². The van der Waals surface area contributed by atoms with Crippen LogP contribution in [0.4, 0.5) is 5.69 Å². The number of carbonyl (C=O) groups is 2. The number of benzene rings is 2. The van der Waals surface area contributed by atoms with Crippen molar-refractivity contribution in [3.05, 3.63) is 65.2 Å². The second-order valence-electron chi connectivity index (χ2n) is 5.65. The molecular formula is C20H15N3O4. The van der Waals surface area contributed by atoms with E-state index in [4.69, 9.17) is 14.4 Å². The average molecular weight is 361 g/mol. The van der Waals surface area contributed by atoms with Gasteiger partial charge >= 0.3 is 0 Å². The van der Waals surface area contributed by atoms with E-state index in [1.54, 1.807) is 48.5 Å². The number of rotatable bonds is 3. The molecule has 27 heavy (non-hydrogen) atoms. The van der Waals surface area contributed by atoms with Crippen LogP contribution in [0.25, 0.3) is 11.0 Å². The SMILES string of the molecule is COc1ccc2cc(C(=O)NC(C)=O)c(=Nc3ccc(C#N)cc3)oc2c1. The van der Waals surface area contributed by atoms with E-state index < -0.39 is 11.8 Å². The number of hydrogen-bond donors (Lipinski definition) is 1. The second-order valence-corrected chi connectivity index (χ2v) is 5.65. The first-order valence-corrected chi connectivity index (χ1v) is 7.99. The molecule has 1 heterocycles. The van der Waals surface area contributed by atoms with Gasteiger partial charge in [0.2, 0.25) is 11.5 Å². The maximum absolute atomic E-state index is 12.4. The van der Waals surface area contributed by atoms with Crippen LogP contribution in [-0.4, -0.2) is 18.9 Å². The standard InChI is InChI=1S/C20H15N3O4/c1-12(24)22-19(25)17-9-14-5-8-16(26-2)10-18(14)27-20(17)23-15-6-3-13(11-21)4-7-15/h3-10H,1-2H3,(H,22,24,25). The van der Waals surface area contributed by atoms with Crippen molar-refractivity contribution in [2.24, 2.45) is 4.99 Å². The second kappa shape index (κ2) is 7.54. The van der Waals surface area contributed by atoms with Crippen molar-refractivity contribution >= 4 is 28.5 Å². The summed E-state index contributed by atoms with van der Waals surface area (Å²) < 4.78 is 11.0. The fraction of sp³-hybridized carbons (Fsp3) is 0.100. The molecule has 7 heteroatoms. The monoisotopic (exact) mass is 361 g/mol. The summed E-state index contributed by atoms with van der Waals surface area (Å²) in [5.41, 5.74) is 1.62. The lowest BCUT2D eigenvalue weighted by atomic mass is 10.1. The summed E-state index contributed by atoms with van der Waals surface area (Å²) in [4.78, 5) is 28.0. The van der Waals surface area contributed by atoms with Crippen LogP contribution in [-0.2, 0) is 4.79 Å². The molecule has 3 rings (SSSR count). The number of methoxy groups -OCH3 is 1. The molecule has 3 aromatic rings. The van der Waals surface area contributed by atoms with Crippen LogP contribution < -0.4 is 15.6 Å². The van der Waals surface area contributed by atoms with Gasteiger partial charge in [-0.15, -0.1) is 0 Å². The maximum Gasteiger partial charge on any atom is 0.263 e. The molecule has 0 aliphatic carbocycles. The third kappa shape index (κ3) is 4.02. The van der Waals surface area contributed by atoms with Crippen LogP contribution in [0.15, 0.2) is 57.9 Å². The molecule has 0 saturated carbocycles. The molecule has 134 valence electrons. The van der Waals surface area contributed by atoms with Crippen LogP contribution in [0.2, 0.25) is 0 Å². The third-order valence-corrected chi connectivity index (χ3v) is 3.72. The highest BCUT2D eigenvalue weighted by atomic mass is 16.5. The van der Waals surface area contributed by atoms with E-state index in [0.717, 1.165) is 0 Å². The first-order valence-electron chi connectivity index (χ1n) is 7.99. The minimum absolute atomic E-state index is 0.0409. The molecule has 0 fully saturated rings. The number of hydrogen-bond acceptors (Lipinski definition) is 6. The summed E-state index contributed by atoms with van der Waals surface area (Å²) in [7, 11) is 1.54. The first kappa shape index (κ1) is 17.9. The van der Waals surface area contributed by atoms with Gasteiger partial charge in [0.1, 0.15) is 16.9 Å². The van der Waals surface area contributed by atoms with Crippen LogP contribution in [0.1, 0.15) is 22.8 Å². The highest BCUT2D eigenvalue weighted by Gasteiger charge is 2.14. The number of nitrogens with zero attached hydrogens (tertiary/aromatic N) is 2. The summed E-state index contributed by atoms with van der Waals surface area (Å²) >= 11 is 0. The van der Waals surface area contributed by atoms with Crippen molar-refractivity contribution in [3.63, 3.8) is 0 Å². The molecule has 0 saturated heterocycles. The molecule has 2 aromatic carbocycles. The molecule has 0 aliphatic rings.